The molecule has 0 saturated carbocycles. The highest BCUT2D eigenvalue weighted by atomic mass is 15.3. The molecule has 0 spiro atoms. The minimum Gasteiger partial charge on any atom is -0.310 e. The van der Waals surface area contributed by atoms with Gasteiger partial charge in [0.15, 0.2) is 0 Å². The van der Waals surface area contributed by atoms with Gasteiger partial charge in [-0.3, -0.25) is 9.58 Å². The Morgan fingerprint density at radius 1 is 1.20 bits per heavy atom. The lowest BCUT2D eigenvalue weighted by molar-refractivity contribution is 0.0960. The monoisotopic (exact) mass is 278 g/mol. The van der Waals surface area contributed by atoms with Crippen LogP contribution in [0.5, 0.6) is 0 Å². The molecule has 0 amide bonds. The van der Waals surface area contributed by atoms with Gasteiger partial charge in [0.1, 0.15) is 0 Å². The summed E-state index contributed by atoms with van der Waals surface area (Å²) in [7, 11) is 2.02. The van der Waals surface area contributed by atoms with Crippen LogP contribution in [0.15, 0.2) is 0 Å². The van der Waals surface area contributed by atoms with Crippen molar-refractivity contribution < 1.29 is 0 Å². The summed E-state index contributed by atoms with van der Waals surface area (Å²) in [5, 5.41) is 8.21. The van der Waals surface area contributed by atoms with Crippen LogP contribution in [0.3, 0.4) is 0 Å². The maximum atomic E-state index is 4.49. The Hall–Kier alpha value is -0.870. The minimum atomic E-state index is 0.307. The van der Waals surface area contributed by atoms with Crippen molar-refractivity contribution in [2.75, 3.05) is 13.1 Å². The molecule has 0 unspecified atom stereocenters. The molecule has 1 N–H and O–H groups in total. The third-order valence-corrected chi connectivity index (χ3v) is 4.67. The van der Waals surface area contributed by atoms with Crippen molar-refractivity contribution in [1.82, 2.24) is 20.0 Å². The van der Waals surface area contributed by atoms with Crippen molar-refractivity contribution in [1.29, 1.82) is 0 Å². The Bertz CT molecular complexity index is 448. The summed E-state index contributed by atoms with van der Waals surface area (Å²) in [6, 6.07) is 0.646. The van der Waals surface area contributed by atoms with E-state index in [0.717, 1.165) is 12.2 Å². The molecule has 1 aromatic rings. The summed E-state index contributed by atoms with van der Waals surface area (Å²) >= 11 is 0. The molecule has 1 aliphatic rings. The van der Waals surface area contributed by atoms with E-state index in [1.54, 1.807) is 0 Å². The number of aryl methyl sites for hydroxylation is 2. The summed E-state index contributed by atoms with van der Waals surface area (Å²) in [5.74, 6) is 0. The van der Waals surface area contributed by atoms with E-state index in [2.05, 4.69) is 49.9 Å². The maximum absolute atomic E-state index is 4.49. The van der Waals surface area contributed by atoms with Crippen LogP contribution in [-0.4, -0.2) is 39.4 Å². The van der Waals surface area contributed by atoms with Crippen molar-refractivity contribution in [2.45, 2.75) is 65.6 Å². The highest BCUT2D eigenvalue weighted by Gasteiger charge is 2.26. The van der Waals surface area contributed by atoms with Crippen LogP contribution < -0.4 is 5.32 Å². The lowest BCUT2D eigenvalue weighted by Crippen LogP contribution is -2.49. The number of piperidine rings is 1. The molecule has 0 atom stereocenters. The smallest absolute Gasteiger partial charge is 0.0641 e. The topological polar surface area (TPSA) is 33.1 Å². The molecule has 1 saturated heterocycles. The second kappa shape index (κ2) is 5.86. The Labute approximate surface area is 123 Å². The molecule has 0 aromatic carbocycles. The second-order valence-corrected chi connectivity index (χ2v) is 7.09. The number of nitrogens with one attached hydrogen (secondary N) is 1. The molecule has 2 rings (SSSR count). The molecule has 1 aromatic heterocycles. The van der Waals surface area contributed by atoms with Crippen molar-refractivity contribution in [3.8, 4) is 0 Å². The Kier molecular flexibility index (Phi) is 4.55. The fourth-order valence-corrected chi connectivity index (χ4v) is 3.07. The SMILES string of the molecule is Cc1nn(C)c(C)c1CNC1CCN(C(C)(C)C)CC1. The van der Waals surface area contributed by atoms with Crippen LogP contribution in [0.25, 0.3) is 0 Å². The number of aromatic nitrogens is 2. The summed E-state index contributed by atoms with van der Waals surface area (Å²) in [5.41, 5.74) is 4.11. The first-order valence-corrected chi connectivity index (χ1v) is 7.76. The minimum absolute atomic E-state index is 0.307. The van der Waals surface area contributed by atoms with Gasteiger partial charge in [0, 0.05) is 49.5 Å². The van der Waals surface area contributed by atoms with E-state index in [4.69, 9.17) is 0 Å². The Balaban J connectivity index is 1.85. The summed E-state index contributed by atoms with van der Waals surface area (Å²) in [6.45, 7) is 14.5. The molecular weight excluding hydrogens is 248 g/mol. The number of hydrogen-bond donors (Lipinski definition) is 1. The molecule has 114 valence electrons. The van der Waals surface area contributed by atoms with Gasteiger partial charge in [-0.1, -0.05) is 0 Å². The van der Waals surface area contributed by atoms with E-state index in [9.17, 15) is 0 Å². The zero-order chi connectivity index (χ0) is 14.9. The van der Waals surface area contributed by atoms with Gasteiger partial charge < -0.3 is 5.32 Å². The molecule has 0 aliphatic carbocycles. The molecule has 1 aliphatic heterocycles. The van der Waals surface area contributed by atoms with Crippen LogP contribution >= 0.6 is 0 Å². The van der Waals surface area contributed by atoms with Gasteiger partial charge in [0.05, 0.1) is 5.69 Å². The standard InChI is InChI=1S/C16H30N4/c1-12-15(13(2)19(6)18-12)11-17-14-7-9-20(10-8-14)16(3,4)5/h14,17H,7-11H2,1-6H3. The molecule has 20 heavy (non-hydrogen) atoms. The number of nitrogens with zero attached hydrogens (tertiary/aromatic N) is 3. The molecule has 4 heteroatoms. The van der Waals surface area contributed by atoms with Crippen molar-refractivity contribution >= 4 is 0 Å². The first-order chi connectivity index (χ1) is 9.29. The van der Waals surface area contributed by atoms with Crippen LogP contribution in [0.1, 0.15) is 50.6 Å². The lowest BCUT2D eigenvalue weighted by atomic mass is 9.98. The second-order valence-electron chi connectivity index (χ2n) is 7.09. The zero-order valence-corrected chi connectivity index (χ0v) is 14.0. The normalized spacial score (nSPS) is 18.7. The summed E-state index contributed by atoms with van der Waals surface area (Å²) in [6.07, 6.45) is 2.49. The van der Waals surface area contributed by atoms with Gasteiger partial charge in [-0.2, -0.15) is 5.10 Å². The largest absolute Gasteiger partial charge is 0.310 e. The van der Waals surface area contributed by atoms with Gasteiger partial charge in [0.2, 0.25) is 0 Å². The number of likely N-dealkylation sites (tertiary alicyclic amines) is 1. The first kappa shape index (κ1) is 15.5. The van der Waals surface area contributed by atoms with E-state index < -0.39 is 0 Å². The van der Waals surface area contributed by atoms with Crippen molar-refractivity contribution in [3.05, 3.63) is 17.0 Å². The van der Waals surface area contributed by atoms with Crippen LogP contribution in [0, 0.1) is 13.8 Å². The van der Waals surface area contributed by atoms with Crippen molar-refractivity contribution in [2.24, 2.45) is 7.05 Å². The fourth-order valence-electron chi connectivity index (χ4n) is 3.07. The van der Waals surface area contributed by atoms with E-state index in [1.165, 1.54) is 37.2 Å². The third-order valence-electron chi connectivity index (χ3n) is 4.67. The Morgan fingerprint density at radius 2 is 1.80 bits per heavy atom. The van der Waals surface area contributed by atoms with Crippen LogP contribution in [0.2, 0.25) is 0 Å². The van der Waals surface area contributed by atoms with Gasteiger partial charge >= 0.3 is 0 Å². The van der Waals surface area contributed by atoms with Crippen molar-refractivity contribution in [3.63, 3.8) is 0 Å². The van der Waals surface area contributed by atoms with E-state index in [0.29, 0.717) is 11.6 Å². The molecule has 2 heterocycles. The summed E-state index contributed by atoms with van der Waals surface area (Å²) in [4.78, 5) is 2.59. The van der Waals surface area contributed by atoms with Crippen LogP contribution in [0.4, 0.5) is 0 Å². The number of hydrogen-bond acceptors (Lipinski definition) is 3. The third kappa shape index (κ3) is 3.41. The van der Waals surface area contributed by atoms with E-state index >= 15 is 0 Å². The van der Waals surface area contributed by atoms with E-state index in [-0.39, 0.29) is 0 Å². The Morgan fingerprint density at radius 3 is 2.25 bits per heavy atom. The van der Waals surface area contributed by atoms with Gasteiger partial charge in [0.25, 0.3) is 0 Å². The molecule has 4 nitrogen and oxygen atoms in total. The van der Waals surface area contributed by atoms with Crippen LogP contribution in [-0.2, 0) is 13.6 Å². The van der Waals surface area contributed by atoms with E-state index in [1.807, 2.05) is 11.7 Å². The summed E-state index contributed by atoms with van der Waals surface area (Å²) < 4.78 is 1.98. The molecule has 0 radical (unpaired) electrons. The molecule has 0 bridgehead atoms. The molecule has 1 fully saturated rings. The number of rotatable bonds is 3. The fraction of sp³-hybridized carbons (Fsp3) is 0.812. The van der Waals surface area contributed by atoms with Gasteiger partial charge in [-0.25, -0.2) is 0 Å². The van der Waals surface area contributed by atoms with Gasteiger partial charge in [-0.15, -0.1) is 0 Å². The average Bonchev–Trinajstić information content (AvgIpc) is 2.61. The maximum Gasteiger partial charge on any atom is 0.0641 e. The average molecular weight is 278 g/mol. The lowest BCUT2D eigenvalue weighted by Gasteiger charge is -2.41. The predicted molar refractivity (Wildman–Crippen MR) is 83.9 cm³/mol. The quantitative estimate of drug-likeness (QED) is 0.921. The zero-order valence-electron chi connectivity index (χ0n) is 14.0. The highest BCUT2D eigenvalue weighted by molar-refractivity contribution is 5.24. The van der Waals surface area contributed by atoms with Gasteiger partial charge in [-0.05, 0) is 47.5 Å². The molecular formula is C16H30N4. The highest BCUT2D eigenvalue weighted by Crippen LogP contribution is 2.20. The first-order valence-electron chi connectivity index (χ1n) is 7.76. The predicted octanol–water partition coefficient (Wildman–Crippen LogP) is 2.39.